The average Bonchev–Trinajstić information content (AvgIpc) is 2.96. The van der Waals surface area contributed by atoms with E-state index in [4.69, 9.17) is 4.74 Å². The number of aromatic nitrogens is 3. The van der Waals surface area contributed by atoms with Gasteiger partial charge >= 0.3 is 6.01 Å². The van der Waals surface area contributed by atoms with Crippen LogP contribution >= 0.6 is 0 Å². The van der Waals surface area contributed by atoms with Crippen molar-refractivity contribution >= 4 is 10.0 Å². The molecule has 2 aromatic rings. The Labute approximate surface area is 135 Å². The summed E-state index contributed by atoms with van der Waals surface area (Å²) in [5.41, 5.74) is 1.65. The molecule has 0 bridgehead atoms. The molecule has 0 radical (unpaired) electrons. The number of hydrogen-bond acceptors (Lipinski definition) is 6. The summed E-state index contributed by atoms with van der Waals surface area (Å²) in [4.78, 5) is 12.5. The van der Waals surface area contributed by atoms with Crippen LogP contribution in [0.4, 0.5) is 0 Å². The van der Waals surface area contributed by atoms with Gasteiger partial charge in [0.1, 0.15) is 11.0 Å². The monoisotopic (exact) mass is 334 g/mol. The molecule has 1 atom stereocenters. The van der Waals surface area contributed by atoms with Crippen LogP contribution in [-0.2, 0) is 10.0 Å². The second kappa shape index (κ2) is 6.21. The van der Waals surface area contributed by atoms with E-state index in [0.29, 0.717) is 19.0 Å². The predicted octanol–water partition coefficient (Wildman–Crippen LogP) is 1.33. The first-order chi connectivity index (χ1) is 10.9. The summed E-state index contributed by atoms with van der Waals surface area (Å²) >= 11 is 0. The fourth-order valence-corrected chi connectivity index (χ4v) is 4.01. The summed E-state index contributed by atoms with van der Waals surface area (Å²) in [5.74, 6) is 0. The molecule has 23 heavy (non-hydrogen) atoms. The summed E-state index contributed by atoms with van der Waals surface area (Å²) in [6.07, 6.45) is 3.27. The lowest BCUT2D eigenvalue weighted by molar-refractivity contribution is 0.197. The fourth-order valence-electron chi connectivity index (χ4n) is 2.56. The van der Waals surface area contributed by atoms with E-state index in [1.165, 1.54) is 10.5 Å². The zero-order chi connectivity index (χ0) is 16.4. The Bertz CT molecular complexity index is 775. The van der Waals surface area contributed by atoms with E-state index in [9.17, 15) is 8.42 Å². The maximum Gasteiger partial charge on any atom is 0.317 e. The number of sulfonamides is 1. The molecule has 0 saturated carbocycles. The van der Waals surface area contributed by atoms with Crippen molar-refractivity contribution in [3.05, 3.63) is 42.0 Å². The number of ether oxygens (including phenoxy) is 1. The molecule has 0 aromatic carbocycles. The highest BCUT2D eigenvalue weighted by atomic mass is 32.2. The zero-order valence-corrected chi connectivity index (χ0v) is 13.8. The van der Waals surface area contributed by atoms with Gasteiger partial charge in [-0.3, -0.25) is 4.98 Å². The Morgan fingerprint density at radius 3 is 2.65 bits per heavy atom. The van der Waals surface area contributed by atoms with Crippen molar-refractivity contribution in [1.82, 2.24) is 19.3 Å². The van der Waals surface area contributed by atoms with Crippen molar-refractivity contribution in [3.63, 3.8) is 0 Å². The third-order valence-electron chi connectivity index (χ3n) is 3.61. The third-order valence-corrected chi connectivity index (χ3v) is 5.46. The van der Waals surface area contributed by atoms with Gasteiger partial charge in [0.05, 0.1) is 6.54 Å². The normalized spacial score (nSPS) is 19.0. The Hall–Kier alpha value is -2.06. The standard InChI is InChI=1S/C15H18N4O3S/c1-11-8-12(2)18-15(17-11)22-13-5-7-19(10-13)23(20,21)14-4-3-6-16-9-14/h3-4,6,8-9,13H,5,7,10H2,1-2H3/t13-/m0/s1. The number of aryl methyl sites for hydroxylation is 2. The van der Waals surface area contributed by atoms with Gasteiger partial charge in [-0.15, -0.1) is 0 Å². The minimum absolute atomic E-state index is 0.198. The van der Waals surface area contributed by atoms with Gasteiger partial charge in [0.2, 0.25) is 10.0 Å². The van der Waals surface area contributed by atoms with E-state index < -0.39 is 10.0 Å². The van der Waals surface area contributed by atoms with Crippen molar-refractivity contribution in [1.29, 1.82) is 0 Å². The Balaban J connectivity index is 1.71. The van der Waals surface area contributed by atoms with Crippen LogP contribution < -0.4 is 4.74 Å². The summed E-state index contributed by atoms with van der Waals surface area (Å²) in [6, 6.07) is 5.32. The Morgan fingerprint density at radius 1 is 1.26 bits per heavy atom. The summed E-state index contributed by atoms with van der Waals surface area (Å²) in [7, 11) is -3.53. The lowest BCUT2D eigenvalue weighted by Crippen LogP contribution is -2.31. The van der Waals surface area contributed by atoms with Crippen LogP contribution in [0.3, 0.4) is 0 Å². The lowest BCUT2D eigenvalue weighted by Gasteiger charge is -2.16. The molecule has 7 nitrogen and oxygen atoms in total. The minimum atomic E-state index is -3.53. The maximum absolute atomic E-state index is 12.5. The molecule has 0 N–H and O–H groups in total. The first kappa shape index (κ1) is 15.8. The van der Waals surface area contributed by atoms with E-state index in [-0.39, 0.29) is 17.5 Å². The lowest BCUT2D eigenvalue weighted by atomic mass is 10.3. The van der Waals surface area contributed by atoms with Gasteiger partial charge in [0, 0.05) is 30.3 Å². The van der Waals surface area contributed by atoms with Crippen molar-refractivity contribution in [2.75, 3.05) is 13.1 Å². The first-order valence-corrected chi connectivity index (χ1v) is 8.78. The van der Waals surface area contributed by atoms with Gasteiger partial charge in [-0.1, -0.05) is 0 Å². The van der Waals surface area contributed by atoms with E-state index >= 15 is 0 Å². The van der Waals surface area contributed by atoms with Gasteiger partial charge in [-0.05, 0) is 38.5 Å². The molecule has 0 spiro atoms. The number of nitrogens with zero attached hydrogens (tertiary/aromatic N) is 4. The molecule has 1 aliphatic rings. The van der Waals surface area contributed by atoms with Crippen LogP contribution in [0.15, 0.2) is 35.5 Å². The van der Waals surface area contributed by atoms with Crippen LogP contribution in [0.2, 0.25) is 0 Å². The summed E-state index contributed by atoms with van der Waals surface area (Å²) in [5, 5.41) is 0. The average molecular weight is 334 g/mol. The quantitative estimate of drug-likeness (QED) is 0.838. The Morgan fingerprint density at radius 2 is 2.00 bits per heavy atom. The van der Waals surface area contributed by atoms with Crippen molar-refractivity contribution in [3.8, 4) is 6.01 Å². The molecule has 2 aromatic heterocycles. The molecule has 1 saturated heterocycles. The molecule has 0 aliphatic carbocycles. The van der Waals surface area contributed by atoms with E-state index in [1.807, 2.05) is 19.9 Å². The highest BCUT2D eigenvalue weighted by Gasteiger charge is 2.34. The molecule has 3 rings (SSSR count). The maximum atomic E-state index is 12.5. The van der Waals surface area contributed by atoms with Crippen LogP contribution in [0.1, 0.15) is 17.8 Å². The van der Waals surface area contributed by atoms with Crippen LogP contribution in [0.5, 0.6) is 6.01 Å². The topological polar surface area (TPSA) is 85.3 Å². The first-order valence-electron chi connectivity index (χ1n) is 7.34. The van der Waals surface area contributed by atoms with E-state index in [0.717, 1.165) is 11.4 Å². The summed E-state index contributed by atoms with van der Waals surface area (Å²) < 4.78 is 32.2. The largest absolute Gasteiger partial charge is 0.459 e. The van der Waals surface area contributed by atoms with Crippen LogP contribution in [0, 0.1) is 13.8 Å². The van der Waals surface area contributed by atoms with Gasteiger partial charge in [-0.25, -0.2) is 18.4 Å². The second-order valence-electron chi connectivity index (χ2n) is 5.51. The highest BCUT2D eigenvalue weighted by Crippen LogP contribution is 2.22. The van der Waals surface area contributed by atoms with Gasteiger partial charge in [0.15, 0.2) is 0 Å². The smallest absolute Gasteiger partial charge is 0.317 e. The fraction of sp³-hybridized carbons (Fsp3) is 0.400. The van der Waals surface area contributed by atoms with Crippen LogP contribution in [0.25, 0.3) is 0 Å². The van der Waals surface area contributed by atoms with Crippen molar-refractivity contribution in [2.45, 2.75) is 31.3 Å². The molecule has 122 valence electrons. The SMILES string of the molecule is Cc1cc(C)nc(O[C@H]2CCN(S(=O)(=O)c3cccnc3)C2)n1. The van der Waals surface area contributed by atoms with Crippen molar-refractivity contribution < 1.29 is 13.2 Å². The molecule has 8 heteroatoms. The summed E-state index contributed by atoms with van der Waals surface area (Å²) in [6.45, 7) is 4.44. The number of hydrogen-bond donors (Lipinski definition) is 0. The predicted molar refractivity (Wildman–Crippen MR) is 83.5 cm³/mol. The second-order valence-corrected chi connectivity index (χ2v) is 7.45. The molecular weight excluding hydrogens is 316 g/mol. The van der Waals surface area contributed by atoms with Crippen LogP contribution in [-0.4, -0.2) is 46.9 Å². The van der Waals surface area contributed by atoms with Gasteiger partial charge < -0.3 is 4.74 Å². The van der Waals surface area contributed by atoms with E-state index in [1.54, 1.807) is 18.3 Å². The Kier molecular flexibility index (Phi) is 4.27. The number of pyridine rings is 1. The van der Waals surface area contributed by atoms with Gasteiger partial charge in [-0.2, -0.15) is 4.31 Å². The molecule has 0 amide bonds. The van der Waals surface area contributed by atoms with Crippen molar-refractivity contribution in [2.24, 2.45) is 0 Å². The van der Waals surface area contributed by atoms with Gasteiger partial charge in [0.25, 0.3) is 0 Å². The number of rotatable bonds is 4. The molecule has 1 fully saturated rings. The highest BCUT2D eigenvalue weighted by molar-refractivity contribution is 7.89. The zero-order valence-electron chi connectivity index (χ0n) is 13.0. The third kappa shape index (κ3) is 3.48. The molecule has 3 heterocycles. The molecular formula is C15H18N4O3S. The minimum Gasteiger partial charge on any atom is -0.459 e. The van der Waals surface area contributed by atoms with E-state index in [2.05, 4.69) is 15.0 Å². The molecule has 0 unspecified atom stereocenters. The molecule has 1 aliphatic heterocycles.